The SMILES string of the molecule is CCCCCCCCCC1(C)OCC(CN2CCCCC2)O1. The Bertz CT molecular complexity index is 291. The summed E-state index contributed by atoms with van der Waals surface area (Å²) in [5.41, 5.74) is 0. The normalized spacial score (nSPS) is 30.0. The Balaban J connectivity index is 1.55. The molecule has 2 aliphatic heterocycles. The fourth-order valence-electron chi connectivity index (χ4n) is 3.74. The van der Waals surface area contributed by atoms with Gasteiger partial charge in [0.25, 0.3) is 0 Å². The van der Waals surface area contributed by atoms with E-state index in [2.05, 4.69) is 18.7 Å². The topological polar surface area (TPSA) is 21.7 Å². The second-order valence-corrected chi connectivity index (χ2v) is 7.42. The summed E-state index contributed by atoms with van der Waals surface area (Å²) in [6.45, 7) is 8.75. The van der Waals surface area contributed by atoms with Gasteiger partial charge in [-0.1, -0.05) is 51.9 Å². The Labute approximate surface area is 137 Å². The van der Waals surface area contributed by atoms with Gasteiger partial charge in [0.15, 0.2) is 5.79 Å². The van der Waals surface area contributed by atoms with E-state index in [0.717, 1.165) is 19.6 Å². The van der Waals surface area contributed by atoms with E-state index in [1.165, 1.54) is 77.3 Å². The number of unbranched alkanes of at least 4 members (excludes halogenated alkanes) is 6. The van der Waals surface area contributed by atoms with Gasteiger partial charge in [-0.3, -0.25) is 0 Å². The minimum absolute atomic E-state index is 0.285. The van der Waals surface area contributed by atoms with Crippen molar-refractivity contribution >= 4 is 0 Å². The average Bonchev–Trinajstić information content (AvgIpc) is 2.89. The fourth-order valence-corrected chi connectivity index (χ4v) is 3.74. The van der Waals surface area contributed by atoms with Crippen molar-refractivity contribution in [3.8, 4) is 0 Å². The molecule has 0 radical (unpaired) electrons. The summed E-state index contributed by atoms with van der Waals surface area (Å²) in [7, 11) is 0. The quantitative estimate of drug-likeness (QED) is 0.544. The first-order valence-corrected chi connectivity index (χ1v) is 9.76. The van der Waals surface area contributed by atoms with Gasteiger partial charge in [-0.15, -0.1) is 0 Å². The van der Waals surface area contributed by atoms with Gasteiger partial charge in [0.05, 0.1) is 12.7 Å². The third-order valence-electron chi connectivity index (χ3n) is 5.14. The van der Waals surface area contributed by atoms with Crippen molar-refractivity contribution in [1.82, 2.24) is 4.90 Å². The monoisotopic (exact) mass is 311 g/mol. The van der Waals surface area contributed by atoms with Crippen molar-refractivity contribution in [2.24, 2.45) is 0 Å². The lowest BCUT2D eigenvalue weighted by Crippen LogP contribution is -2.38. The minimum atomic E-state index is -0.316. The third kappa shape index (κ3) is 6.55. The molecule has 0 aromatic heterocycles. The van der Waals surface area contributed by atoms with Crippen molar-refractivity contribution in [2.75, 3.05) is 26.2 Å². The highest BCUT2D eigenvalue weighted by Crippen LogP contribution is 2.29. The molecule has 0 bridgehead atoms. The Hall–Kier alpha value is -0.120. The average molecular weight is 312 g/mol. The summed E-state index contributed by atoms with van der Waals surface area (Å²) in [5, 5.41) is 0. The minimum Gasteiger partial charge on any atom is -0.347 e. The maximum Gasteiger partial charge on any atom is 0.166 e. The zero-order chi connectivity index (χ0) is 15.7. The molecule has 2 heterocycles. The van der Waals surface area contributed by atoms with Crippen LogP contribution in [-0.2, 0) is 9.47 Å². The molecule has 0 aromatic rings. The zero-order valence-corrected chi connectivity index (χ0v) is 14.9. The van der Waals surface area contributed by atoms with Gasteiger partial charge < -0.3 is 14.4 Å². The van der Waals surface area contributed by atoms with Gasteiger partial charge >= 0.3 is 0 Å². The molecule has 0 N–H and O–H groups in total. The lowest BCUT2D eigenvalue weighted by atomic mass is 10.1. The Morgan fingerprint density at radius 1 is 0.955 bits per heavy atom. The van der Waals surface area contributed by atoms with Gasteiger partial charge in [0.2, 0.25) is 0 Å². The lowest BCUT2D eigenvalue weighted by Gasteiger charge is -2.29. The van der Waals surface area contributed by atoms with Crippen LogP contribution in [0.25, 0.3) is 0 Å². The molecule has 2 aliphatic rings. The molecule has 0 aromatic carbocycles. The van der Waals surface area contributed by atoms with Gasteiger partial charge in [-0.25, -0.2) is 0 Å². The molecule has 3 nitrogen and oxygen atoms in total. The molecule has 0 saturated carbocycles. The highest BCUT2D eigenvalue weighted by molar-refractivity contribution is 4.78. The summed E-state index contributed by atoms with van der Waals surface area (Å²) in [5.74, 6) is -0.316. The molecular formula is C19H37NO2. The molecule has 2 atom stereocenters. The van der Waals surface area contributed by atoms with Crippen LogP contribution in [0.2, 0.25) is 0 Å². The van der Waals surface area contributed by atoms with Crippen LogP contribution in [0.1, 0.15) is 84.5 Å². The number of hydrogen-bond acceptors (Lipinski definition) is 3. The van der Waals surface area contributed by atoms with Gasteiger partial charge in [-0.05, 0) is 39.3 Å². The summed E-state index contributed by atoms with van der Waals surface area (Å²) < 4.78 is 12.2. The maximum absolute atomic E-state index is 6.23. The van der Waals surface area contributed by atoms with E-state index in [1.807, 2.05) is 0 Å². The van der Waals surface area contributed by atoms with Crippen LogP contribution >= 0.6 is 0 Å². The Morgan fingerprint density at radius 3 is 2.36 bits per heavy atom. The number of ether oxygens (including phenoxy) is 2. The highest BCUT2D eigenvalue weighted by Gasteiger charge is 2.37. The maximum atomic E-state index is 6.23. The second-order valence-electron chi connectivity index (χ2n) is 7.42. The second kappa shape index (κ2) is 9.89. The Kier molecular flexibility index (Phi) is 8.19. The van der Waals surface area contributed by atoms with E-state index in [4.69, 9.17) is 9.47 Å². The third-order valence-corrected chi connectivity index (χ3v) is 5.14. The van der Waals surface area contributed by atoms with Crippen LogP contribution in [-0.4, -0.2) is 43.0 Å². The van der Waals surface area contributed by atoms with E-state index < -0.39 is 0 Å². The zero-order valence-electron chi connectivity index (χ0n) is 14.9. The smallest absolute Gasteiger partial charge is 0.166 e. The van der Waals surface area contributed by atoms with Crippen LogP contribution in [0.5, 0.6) is 0 Å². The molecule has 0 aliphatic carbocycles. The predicted molar refractivity (Wildman–Crippen MR) is 92.1 cm³/mol. The molecule has 0 amide bonds. The molecule has 2 rings (SSSR count). The summed E-state index contributed by atoms with van der Waals surface area (Å²) in [4.78, 5) is 2.55. The summed E-state index contributed by atoms with van der Waals surface area (Å²) in [6.07, 6.45) is 14.9. The predicted octanol–water partition coefficient (Wildman–Crippen LogP) is 4.74. The van der Waals surface area contributed by atoms with Crippen LogP contribution in [0.15, 0.2) is 0 Å². The molecule has 2 fully saturated rings. The number of nitrogens with zero attached hydrogens (tertiary/aromatic N) is 1. The largest absolute Gasteiger partial charge is 0.347 e. The van der Waals surface area contributed by atoms with Crippen molar-refractivity contribution in [3.63, 3.8) is 0 Å². The van der Waals surface area contributed by atoms with Gasteiger partial charge in [0, 0.05) is 13.0 Å². The Morgan fingerprint density at radius 2 is 1.64 bits per heavy atom. The molecule has 130 valence electrons. The van der Waals surface area contributed by atoms with Crippen LogP contribution in [0.4, 0.5) is 0 Å². The first kappa shape index (κ1) is 18.2. The lowest BCUT2D eigenvalue weighted by molar-refractivity contribution is -0.161. The van der Waals surface area contributed by atoms with Crippen molar-refractivity contribution in [1.29, 1.82) is 0 Å². The van der Waals surface area contributed by atoms with Gasteiger partial charge in [0.1, 0.15) is 0 Å². The van der Waals surface area contributed by atoms with E-state index >= 15 is 0 Å². The van der Waals surface area contributed by atoms with Crippen molar-refractivity contribution in [3.05, 3.63) is 0 Å². The van der Waals surface area contributed by atoms with E-state index in [1.54, 1.807) is 0 Å². The fraction of sp³-hybridized carbons (Fsp3) is 1.00. The van der Waals surface area contributed by atoms with E-state index in [-0.39, 0.29) is 11.9 Å². The molecule has 2 unspecified atom stereocenters. The molecule has 22 heavy (non-hydrogen) atoms. The summed E-state index contributed by atoms with van der Waals surface area (Å²) >= 11 is 0. The van der Waals surface area contributed by atoms with Crippen LogP contribution < -0.4 is 0 Å². The van der Waals surface area contributed by atoms with Crippen molar-refractivity contribution in [2.45, 2.75) is 96.4 Å². The number of rotatable bonds is 10. The van der Waals surface area contributed by atoms with Crippen LogP contribution in [0.3, 0.4) is 0 Å². The molecule has 3 heteroatoms. The summed E-state index contributed by atoms with van der Waals surface area (Å²) in [6, 6.07) is 0. The first-order valence-electron chi connectivity index (χ1n) is 9.76. The van der Waals surface area contributed by atoms with Crippen molar-refractivity contribution < 1.29 is 9.47 Å². The van der Waals surface area contributed by atoms with E-state index in [0.29, 0.717) is 0 Å². The molecular weight excluding hydrogens is 274 g/mol. The van der Waals surface area contributed by atoms with Crippen LogP contribution in [0, 0.1) is 0 Å². The molecule has 2 saturated heterocycles. The number of likely N-dealkylation sites (tertiary alicyclic amines) is 1. The van der Waals surface area contributed by atoms with Gasteiger partial charge in [-0.2, -0.15) is 0 Å². The van der Waals surface area contributed by atoms with E-state index in [9.17, 15) is 0 Å². The molecule has 0 spiro atoms. The number of piperidine rings is 1. The highest BCUT2D eigenvalue weighted by atomic mass is 16.7. The first-order chi connectivity index (χ1) is 10.7. The standard InChI is InChI=1S/C19H37NO2/c1-3-4-5-6-7-8-10-13-19(2)21-17-18(22-19)16-20-14-11-9-12-15-20/h18H,3-17H2,1-2H3. The number of hydrogen-bond donors (Lipinski definition) is 0.